The van der Waals surface area contributed by atoms with E-state index in [-0.39, 0.29) is 24.4 Å². The van der Waals surface area contributed by atoms with Gasteiger partial charge in [-0.05, 0) is 55.7 Å². The molecule has 2 heterocycles. The van der Waals surface area contributed by atoms with E-state index >= 15 is 0 Å². The lowest BCUT2D eigenvalue weighted by Crippen LogP contribution is -2.38. The van der Waals surface area contributed by atoms with E-state index in [1.165, 1.54) is 6.07 Å². The van der Waals surface area contributed by atoms with Crippen molar-refractivity contribution in [3.05, 3.63) is 48.3 Å². The molecule has 34 heavy (non-hydrogen) atoms. The van der Waals surface area contributed by atoms with Crippen LogP contribution >= 0.6 is 0 Å². The lowest BCUT2D eigenvalue weighted by molar-refractivity contribution is -0.137. The van der Waals surface area contributed by atoms with Gasteiger partial charge >= 0.3 is 5.97 Å². The maximum atomic E-state index is 14.4. The molecule has 0 aliphatic carbocycles. The van der Waals surface area contributed by atoms with Gasteiger partial charge in [-0.15, -0.1) is 0 Å². The summed E-state index contributed by atoms with van der Waals surface area (Å²) in [5.74, 6) is 0.938. The summed E-state index contributed by atoms with van der Waals surface area (Å²) < 4.78 is 26.1. The topological polar surface area (TPSA) is 62.2 Å². The first-order valence-corrected chi connectivity index (χ1v) is 12.4. The van der Waals surface area contributed by atoms with Crippen molar-refractivity contribution >= 4 is 17.3 Å². The molecule has 2 aliphatic rings. The summed E-state index contributed by atoms with van der Waals surface area (Å²) in [6.45, 7) is 6.93. The molecule has 0 radical (unpaired) electrons. The van der Waals surface area contributed by atoms with Crippen molar-refractivity contribution < 1.29 is 23.8 Å². The lowest BCUT2D eigenvalue weighted by atomic mass is 9.95. The number of hydrogen-bond donors (Lipinski definition) is 1. The first-order chi connectivity index (χ1) is 16.5. The first kappa shape index (κ1) is 24.2. The minimum atomic E-state index is -0.744. The Kier molecular flexibility index (Phi) is 7.80. The molecular formula is C27H35FN2O4. The number of hydrogen-bond acceptors (Lipinski definition) is 5. The van der Waals surface area contributed by atoms with Gasteiger partial charge < -0.3 is 24.4 Å². The smallest absolute Gasteiger partial charge is 0.305 e. The quantitative estimate of drug-likeness (QED) is 0.533. The van der Waals surface area contributed by atoms with Crippen LogP contribution in [0, 0.1) is 11.7 Å². The Balaban J connectivity index is 1.34. The van der Waals surface area contributed by atoms with Crippen LogP contribution in [0.5, 0.6) is 11.5 Å². The predicted molar refractivity (Wildman–Crippen MR) is 132 cm³/mol. The van der Waals surface area contributed by atoms with Gasteiger partial charge in [0.15, 0.2) is 0 Å². The number of carboxylic acid groups (broad SMARTS) is 1. The molecule has 2 aliphatic heterocycles. The molecule has 2 aromatic carbocycles. The van der Waals surface area contributed by atoms with Gasteiger partial charge in [0.2, 0.25) is 0 Å². The zero-order valence-electron chi connectivity index (χ0n) is 20.1. The standard InChI is InChI=1S/C27H35FN2O4/c1-3-19-11-16-30(25(19)18-27(31)32)20-5-7-21(8-6-20)34-22-12-14-29(15-13-22)26-17-23(33-4-2)9-10-24(26)28/h5-10,17,19,22,25H,3-4,11-16,18H2,1-2H3,(H,31,32)/t19-,25+/m1/s1. The second kappa shape index (κ2) is 11.0. The number of carboxylic acids is 1. The number of aliphatic carboxylic acids is 1. The van der Waals surface area contributed by atoms with Crippen LogP contribution in [-0.2, 0) is 4.79 Å². The van der Waals surface area contributed by atoms with Gasteiger partial charge in [-0.25, -0.2) is 4.39 Å². The van der Waals surface area contributed by atoms with Crippen molar-refractivity contribution in [3.63, 3.8) is 0 Å². The Morgan fingerprint density at radius 3 is 2.38 bits per heavy atom. The second-order valence-corrected chi connectivity index (χ2v) is 9.16. The molecular weight excluding hydrogens is 435 g/mol. The van der Waals surface area contributed by atoms with Crippen molar-refractivity contribution in [1.82, 2.24) is 0 Å². The van der Waals surface area contributed by atoms with Crippen molar-refractivity contribution in [2.75, 3.05) is 36.0 Å². The molecule has 0 amide bonds. The highest BCUT2D eigenvalue weighted by Gasteiger charge is 2.34. The van der Waals surface area contributed by atoms with Crippen LogP contribution < -0.4 is 19.3 Å². The van der Waals surface area contributed by atoms with Crippen LogP contribution in [0.4, 0.5) is 15.8 Å². The third-order valence-corrected chi connectivity index (χ3v) is 7.08. The minimum absolute atomic E-state index is 0.0419. The maximum Gasteiger partial charge on any atom is 0.305 e. The lowest BCUT2D eigenvalue weighted by Gasteiger charge is -2.34. The number of halogens is 1. The zero-order valence-corrected chi connectivity index (χ0v) is 20.1. The summed E-state index contributed by atoms with van der Waals surface area (Å²) in [4.78, 5) is 15.7. The van der Waals surface area contributed by atoms with Gasteiger partial charge in [0, 0.05) is 50.3 Å². The highest BCUT2D eigenvalue weighted by molar-refractivity contribution is 5.69. The normalized spacial score (nSPS) is 21.0. The summed E-state index contributed by atoms with van der Waals surface area (Å²) in [5.41, 5.74) is 1.63. The average molecular weight is 471 g/mol. The van der Waals surface area contributed by atoms with E-state index in [1.54, 1.807) is 12.1 Å². The summed E-state index contributed by atoms with van der Waals surface area (Å²) in [6.07, 6.45) is 3.89. The number of anilines is 2. The second-order valence-electron chi connectivity index (χ2n) is 9.16. The van der Waals surface area contributed by atoms with Gasteiger partial charge in [0.1, 0.15) is 23.4 Å². The van der Waals surface area contributed by atoms with Crippen LogP contribution in [0.2, 0.25) is 0 Å². The Morgan fingerprint density at radius 2 is 1.74 bits per heavy atom. The van der Waals surface area contributed by atoms with Crippen LogP contribution in [0.3, 0.4) is 0 Å². The maximum absolute atomic E-state index is 14.4. The van der Waals surface area contributed by atoms with E-state index in [2.05, 4.69) is 16.7 Å². The van der Waals surface area contributed by atoms with E-state index in [4.69, 9.17) is 9.47 Å². The number of ether oxygens (including phenoxy) is 2. The molecule has 6 nitrogen and oxygen atoms in total. The summed E-state index contributed by atoms with van der Waals surface area (Å²) in [7, 11) is 0. The molecule has 0 unspecified atom stereocenters. The van der Waals surface area contributed by atoms with Gasteiger partial charge in [-0.1, -0.05) is 13.3 Å². The molecule has 2 aromatic rings. The molecule has 2 atom stereocenters. The van der Waals surface area contributed by atoms with E-state index in [0.717, 1.165) is 56.8 Å². The predicted octanol–water partition coefficient (Wildman–Crippen LogP) is 5.35. The summed E-state index contributed by atoms with van der Waals surface area (Å²) >= 11 is 0. The SMILES string of the molecule is CCOc1ccc(F)c(N2CCC(Oc3ccc(N4CC[C@@H](CC)[C@@H]4CC(=O)O)cc3)CC2)c1. The van der Waals surface area contributed by atoms with E-state index < -0.39 is 5.97 Å². The van der Waals surface area contributed by atoms with Crippen LogP contribution in [-0.4, -0.2) is 49.5 Å². The highest BCUT2D eigenvalue weighted by Crippen LogP contribution is 2.35. The molecule has 0 bridgehead atoms. The summed E-state index contributed by atoms with van der Waals surface area (Å²) in [6, 6.07) is 13.0. The molecule has 2 saturated heterocycles. The fourth-order valence-corrected chi connectivity index (χ4v) is 5.28. The number of piperidine rings is 1. The third kappa shape index (κ3) is 5.57. The molecule has 2 fully saturated rings. The Bertz CT molecular complexity index is 960. The average Bonchev–Trinajstić information content (AvgIpc) is 3.23. The fraction of sp³-hybridized carbons (Fsp3) is 0.519. The third-order valence-electron chi connectivity index (χ3n) is 7.08. The number of nitrogens with zero attached hydrogens (tertiary/aromatic N) is 2. The van der Waals surface area contributed by atoms with Gasteiger partial charge in [-0.3, -0.25) is 4.79 Å². The monoisotopic (exact) mass is 470 g/mol. The summed E-state index contributed by atoms with van der Waals surface area (Å²) in [5, 5.41) is 9.35. The highest BCUT2D eigenvalue weighted by atomic mass is 19.1. The van der Waals surface area contributed by atoms with Crippen LogP contribution in [0.25, 0.3) is 0 Å². The fourth-order valence-electron chi connectivity index (χ4n) is 5.28. The largest absolute Gasteiger partial charge is 0.494 e. The van der Waals surface area contributed by atoms with Gasteiger partial charge in [0.05, 0.1) is 18.7 Å². The number of benzene rings is 2. The Hall–Kier alpha value is -2.96. The Labute approximate surface area is 201 Å². The Morgan fingerprint density at radius 1 is 1.03 bits per heavy atom. The van der Waals surface area contributed by atoms with Crippen molar-refractivity contribution in [1.29, 1.82) is 0 Å². The molecule has 0 spiro atoms. The number of carbonyl (C=O) groups is 1. The molecule has 4 rings (SSSR count). The van der Waals surface area contributed by atoms with Gasteiger partial charge in [0.25, 0.3) is 0 Å². The molecule has 0 aromatic heterocycles. The van der Waals surface area contributed by atoms with E-state index in [1.807, 2.05) is 31.2 Å². The van der Waals surface area contributed by atoms with Crippen molar-refractivity contribution in [2.24, 2.45) is 5.92 Å². The van der Waals surface area contributed by atoms with Gasteiger partial charge in [-0.2, -0.15) is 0 Å². The number of rotatable bonds is 9. The van der Waals surface area contributed by atoms with Crippen molar-refractivity contribution in [3.8, 4) is 11.5 Å². The van der Waals surface area contributed by atoms with Crippen LogP contribution in [0.15, 0.2) is 42.5 Å². The van der Waals surface area contributed by atoms with Crippen LogP contribution in [0.1, 0.15) is 46.0 Å². The first-order valence-electron chi connectivity index (χ1n) is 12.4. The van der Waals surface area contributed by atoms with Crippen molar-refractivity contribution in [2.45, 2.75) is 58.1 Å². The molecule has 1 N–H and O–H groups in total. The molecule has 0 saturated carbocycles. The van der Waals surface area contributed by atoms with E-state index in [0.29, 0.717) is 24.0 Å². The molecule has 7 heteroatoms. The minimum Gasteiger partial charge on any atom is -0.494 e. The van der Waals surface area contributed by atoms with E-state index in [9.17, 15) is 14.3 Å². The molecule has 184 valence electrons. The zero-order chi connectivity index (χ0) is 24.1.